The summed E-state index contributed by atoms with van der Waals surface area (Å²) in [5.74, 6) is 0.783. The highest BCUT2D eigenvalue weighted by atomic mass is 15.1. The minimum Gasteiger partial charge on any atom is -0.351 e. The summed E-state index contributed by atoms with van der Waals surface area (Å²) in [6.07, 6.45) is 6.91. The molecular weight excluding hydrogens is 198 g/mol. The molecule has 1 fully saturated rings. The molecule has 88 valence electrons. The summed E-state index contributed by atoms with van der Waals surface area (Å²) in [5, 5.41) is 3.42. The Balaban J connectivity index is 1.90. The number of hydrogen-bond acceptors (Lipinski definition) is 3. The molecular formula is C13H21N3. The van der Waals surface area contributed by atoms with Crippen LogP contribution in [0.1, 0.15) is 45.2 Å². The van der Waals surface area contributed by atoms with E-state index in [-0.39, 0.29) is 0 Å². The summed E-state index contributed by atoms with van der Waals surface area (Å²) >= 11 is 0. The maximum Gasteiger partial charge on any atom is 0.223 e. The van der Waals surface area contributed by atoms with Gasteiger partial charge in [0.2, 0.25) is 5.95 Å². The monoisotopic (exact) mass is 219 g/mol. The van der Waals surface area contributed by atoms with Crippen LogP contribution in [0.3, 0.4) is 0 Å². The van der Waals surface area contributed by atoms with Gasteiger partial charge >= 0.3 is 0 Å². The molecule has 0 radical (unpaired) electrons. The first-order valence-corrected chi connectivity index (χ1v) is 6.23. The van der Waals surface area contributed by atoms with E-state index in [2.05, 4.69) is 29.1 Å². The molecule has 0 amide bonds. The third-order valence-electron chi connectivity index (χ3n) is 3.99. The molecule has 0 aliphatic heterocycles. The third kappa shape index (κ3) is 2.18. The zero-order chi connectivity index (χ0) is 11.6. The van der Waals surface area contributed by atoms with Crippen LogP contribution in [-0.2, 0) is 0 Å². The van der Waals surface area contributed by atoms with Gasteiger partial charge in [-0.25, -0.2) is 9.97 Å². The largest absolute Gasteiger partial charge is 0.351 e. The molecule has 0 unspecified atom stereocenters. The molecule has 0 atom stereocenters. The van der Waals surface area contributed by atoms with Crippen molar-refractivity contribution in [3.63, 3.8) is 0 Å². The molecule has 1 heterocycles. The highest BCUT2D eigenvalue weighted by Crippen LogP contribution is 2.47. The van der Waals surface area contributed by atoms with Crippen LogP contribution in [0, 0.1) is 12.3 Å². The fourth-order valence-corrected chi connectivity index (χ4v) is 2.62. The summed E-state index contributed by atoms with van der Waals surface area (Å²) in [4.78, 5) is 8.61. The second-order valence-corrected chi connectivity index (χ2v) is 4.98. The van der Waals surface area contributed by atoms with Gasteiger partial charge in [0.25, 0.3) is 0 Å². The van der Waals surface area contributed by atoms with Crippen LogP contribution < -0.4 is 5.32 Å². The smallest absolute Gasteiger partial charge is 0.223 e. The van der Waals surface area contributed by atoms with Crippen LogP contribution in [0.5, 0.6) is 0 Å². The van der Waals surface area contributed by atoms with Crippen molar-refractivity contribution in [1.29, 1.82) is 0 Å². The van der Waals surface area contributed by atoms with E-state index in [1.807, 2.05) is 19.2 Å². The lowest BCUT2D eigenvalue weighted by Gasteiger charge is -2.47. The van der Waals surface area contributed by atoms with Gasteiger partial charge in [-0.3, -0.25) is 0 Å². The first-order valence-electron chi connectivity index (χ1n) is 6.23. The van der Waals surface area contributed by atoms with Crippen molar-refractivity contribution in [2.45, 2.75) is 52.5 Å². The van der Waals surface area contributed by atoms with E-state index in [0.29, 0.717) is 11.5 Å². The molecule has 16 heavy (non-hydrogen) atoms. The summed E-state index contributed by atoms with van der Waals surface area (Å²) in [6.45, 7) is 6.59. The summed E-state index contributed by atoms with van der Waals surface area (Å²) < 4.78 is 0. The van der Waals surface area contributed by atoms with Gasteiger partial charge in [0, 0.05) is 17.9 Å². The van der Waals surface area contributed by atoms with Gasteiger partial charge in [-0.2, -0.15) is 0 Å². The zero-order valence-corrected chi connectivity index (χ0v) is 10.5. The Morgan fingerprint density at radius 2 is 2.06 bits per heavy atom. The van der Waals surface area contributed by atoms with Crippen molar-refractivity contribution in [2.24, 2.45) is 5.41 Å². The van der Waals surface area contributed by atoms with Gasteiger partial charge in [0.15, 0.2) is 0 Å². The van der Waals surface area contributed by atoms with Gasteiger partial charge in [0.1, 0.15) is 0 Å². The minimum atomic E-state index is 0.571. The zero-order valence-electron chi connectivity index (χ0n) is 10.5. The average molecular weight is 219 g/mol. The Bertz CT molecular complexity index is 350. The topological polar surface area (TPSA) is 37.8 Å². The summed E-state index contributed by atoms with van der Waals surface area (Å²) in [6, 6.07) is 2.50. The lowest BCUT2D eigenvalue weighted by Crippen LogP contribution is -2.44. The number of nitrogens with zero attached hydrogens (tertiary/aromatic N) is 2. The second kappa shape index (κ2) is 4.40. The van der Waals surface area contributed by atoms with Gasteiger partial charge in [0.05, 0.1) is 0 Å². The Hall–Kier alpha value is -1.12. The highest BCUT2D eigenvalue weighted by Gasteiger charge is 2.41. The van der Waals surface area contributed by atoms with Crippen LogP contribution in [0.15, 0.2) is 12.3 Å². The Morgan fingerprint density at radius 1 is 1.38 bits per heavy atom. The van der Waals surface area contributed by atoms with Gasteiger partial charge < -0.3 is 5.32 Å². The van der Waals surface area contributed by atoms with E-state index in [9.17, 15) is 0 Å². The summed E-state index contributed by atoms with van der Waals surface area (Å²) in [5.41, 5.74) is 1.61. The lowest BCUT2D eigenvalue weighted by molar-refractivity contribution is 0.103. The van der Waals surface area contributed by atoms with Crippen LogP contribution >= 0.6 is 0 Å². The molecule has 1 aromatic heterocycles. The molecule has 3 heteroatoms. The molecule has 1 aliphatic rings. The number of nitrogens with one attached hydrogen (secondary N) is 1. The van der Waals surface area contributed by atoms with Crippen LogP contribution in [0.25, 0.3) is 0 Å². The Morgan fingerprint density at radius 3 is 2.62 bits per heavy atom. The first-order chi connectivity index (χ1) is 7.67. The summed E-state index contributed by atoms with van der Waals surface area (Å²) in [7, 11) is 0. The molecule has 2 rings (SSSR count). The fourth-order valence-electron chi connectivity index (χ4n) is 2.62. The maximum absolute atomic E-state index is 4.37. The number of aryl methyl sites for hydroxylation is 1. The molecule has 1 aromatic rings. The second-order valence-electron chi connectivity index (χ2n) is 4.98. The Kier molecular flexibility index (Phi) is 3.13. The molecule has 1 saturated carbocycles. The fraction of sp³-hybridized carbons (Fsp3) is 0.692. The van der Waals surface area contributed by atoms with Crippen molar-refractivity contribution in [3.05, 3.63) is 18.0 Å². The molecule has 1 aliphatic carbocycles. The Labute approximate surface area is 97.7 Å². The van der Waals surface area contributed by atoms with E-state index in [1.165, 1.54) is 25.7 Å². The number of hydrogen-bond donors (Lipinski definition) is 1. The molecule has 3 nitrogen and oxygen atoms in total. The van der Waals surface area contributed by atoms with Crippen molar-refractivity contribution in [1.82, 2.24) is 9.97 Å². The average Bonchev–Trinajstić information content (AvgIpc) is 2.23. The molecule has 1 N–H and O–H groups in total. The standard InChI is InChI=1S/C13H21N3/c1-4-13(5-2)8-11(9-13)16-12-14-7-6-10(3)15-12/h6-7,11H,4-5,8-9H2,1-3H3,(H,14,15,16). The van der Waals surface area contributed by atoms with Crippen molar-refractivity contribution in [2.75, 3.05) is 5.32 Å². The molecule has 0 bridgehead atoms. The SMILES string of the molecule is CCC1(CC)CC(Nc2nccc(C)n2)C1. The van der Waals surface area contributed by atoms with Crippen LogP contribution in [-0.4, -0.2) is 16.0 Å². The predicted octanol–water partition coefficient (Wildman–Crippen LogP) is 3.17. The molecule has 0 spiro atoms. The number of anilines is 1. The normalized spacial score (nSPS) is 19.2. The highest BCUT2D eigenvalue weighted by molar-refractivity contribution is 5.28. The maximum atomic E-state index is 4.37. The van der Waals surface area contributed by atoms with Crippen molar-refractivity contribution >= 4 is 5.95 Å². The van der Waals surface area contributed by atoms with E-state index in [1.54, 1.807) is 0 Å². The van der Waals surface area contributed by atoms with Crippen molar-refractivity contribution in [3.8, 4) is 0 Å². The number of rotatable bonds is 4. The minimum absolute atomic E-state index is 0.571. The van der Waals surface area contributed by atoms with E-state index >= 15 is 0 Å². The lowest BCUT2D eigenvalue weighted by atomic mass is 9.62. The third-order valence-corrected chi connectivity index (χ3v) is 3.99. The van der Waals surface area contributed by atoms with Crippen LogP contribution in [0.2, 0.25) is 0 Å². The van der Waals surface area contributed by atoms with Gasteiger partial charge in [-0.05, 0) is 31.2 Å². The molecule has 0 saturated heterocycles. The van der Waals surface area contributed by atoms with E-state index < -0.39 is 0 Å². The van der Waals surface area contributed by atoms with Gasteiger partial charge in [-0.15, -0.1) is 0 Å². The van der Waals surface area contributed by atoms with E-state index in [4.69, 9.17) is 0 Å². The quantitative estimate of drug-likeness (QED) is 0.845. The van der Waals surface area contributed by atoms with Crippen molar-refractivity contribution < 1.29 is 0 Å². The van der Waals surface area contributed by atoms with Gasteiger partial charge in [-0.1, -0.05) is 26.7 Å². The number of aromatic nitrogens is 2. The van der Waals surface area contributed by atoms with E-state index in [0.717, 1.165) is 11.6 Å². The molecule has 0 aromatic carbocycles. The van der Waals surface area contributed by atoms with Crippen LogP contribution in [0.4, 0.5) is 5.95 Å². The predicted molar refractivity (Wildman–Crippen MR) is 66.4 cm³/mol. The first kappa shape index (κ1) is 11.4.